The van der Waals surface area contributed by atoms with Crippen LogP contribution < -0.4 is 5.32 Å². The van der Waals surface area contributed by atoms with E-state index in [0.29, 0.717) is 18.7 Å². The van der Waals surface area contributed by atoms with Crippen molar-refractivity contribution in [2.24, 2.45) is 0 Å². The summed E-state index contributed by atoms with van der Waals surface area (Å²) in [7, 11) is 0. The highest BCUT2D eigenvalue weighted by Gasteiger charge is 2.19. The summed E-state index contributed by atoms with van der Waals surface area (Å²) >= 11 is 3.18. The number of rotatable bonds is 6. The largest absolute Gasteiger partial charge is 0.390 e. The second kappa shape index (κ2) is 7.87. The third-order valence-corrected chi connectivity index (χ3v) is 6.57. The number of β-amino-alcohol motifs (C(OH)–C–C–N with tert-alkyl or cyclic N) is 1. The van der Waals surface area contributed by atoms with Gasteiger partial charge < -0.3 is 10.4 Å². The van der Waals surface area contributed by atoms with E-state index in [1.807, 2.05) is 6.26 Å². The molecule has 0 fully saturated rings. The Kier molecular flexibility index (Phi) is 5.35. The summed E-state index contributed by atoms with van der Waals surface area (Å²) in [6.45, 7) is 2.99. The number of benzene rings is 1. The molecule has 0 bridgehead atoms. The Morgan fingerprint density at radius 3 is 3.00 bits per heavy atom. The molecule has 1 aliphatic heterocycles. The van der Waals surface area contributed by atoms with Gasteiger partial charge in [-0.3, -0.25) is 4.90 Å². The maximum absolute atomic E-state index is 10.5. The quantitative estimate of drug-likeness (QED) is 0.630. The van der Waals surface area contributed by atoms with E-state index in [-0.39, 0.29) is 0 Å². The molecule has 1 unspecified atom stereocenters. The number of thioether (sulfide) groups is 1. The average molecular weight is 388 g/mol. The fraction of sp³-hybridized carbons (Fsp3) is 0.389. The lowest BCUT2D eigenvalue weighted by molar-refractivity contribution is 0.114. The number of aromatic nitrogens is 3. The molecule has 2 N–H and O–H groups in total. The van der Waals surface area contributed by atoms with Crippen molar-refractivity contribution in [1.82, 2.24) is 19.9 Å². The predicted octanol–water partition coefficient (Wildman–Crippen LogP) is 2.64. The first-order chi connectivity index (χ1) is 12.7. The van der Waals surface area contributed by atoms with Crippen LogP contribution in [-0.4, -0.2) is 57.0 Å². The van der Waals surface area contributed by atoms with Crippen LogP contribution in [0.4, 0.5) is 5.82 Å². The molecule has 0 amide bonds. The van der Waals surface area contributed by atoms with Crippen molar-refractivity contribution in [3.63, 3.8) is 0 Å². The van der Waals surface area contributed by atoms with Gasteiger partial charge in [0, 0.05) is 26.2 Å². The zero-order valence-corrected chi connectivity index (χ0v) is 16.2. The first kappa shape index (κ1) is 17.7. The lowest BCUT2D eigenvalue weighted by atomic mass is 10.00. The standard InChI is InChI=1S/C18H21N5OS2/c1-25-18-22-17-15(26-18)16(20-11-21-17)19-8-14(24)10-23-7-6-12-4-2-3-5-13(12)9-23/h2-5,11,14,24H,6-10H2,1H3,(H,19,20,21). The summed E-state index contributed by atoms with van der Waals surface area (Å²) in [6.07, 6.45) is 4.10. The number of nitrogens with zero attached hydrogens (tertiary/aromatic N) is 4. The van der Waals surface area contributed by atoms with Crippen molar-refractivity contribution >= 4 is 39.3 Å². The fourth-order valence-corrected chi connectivity index (χ4v) is 4.71. The number of aliphatic hydroxyl groups excluding tert-OH is 1. The molecule has 0 saturated carbocycles. The molecule has 1 aromatic carbocycles. The summed E-state index contributed by atoms with van der Waals surface area (Å²) in [4.78, 5) is 15.3. The van der Waals surface area contributed by atoms with Crippen molar-refractivity contribution in [3.05, 3.63) is 41.7 Å². The normalized spacial score (nSPS) is 15.8. The van der Waals surface area contributed by atoms with Gasteiger partial charge in [0.05, 0.1) is 6.10 Å². The van der Waals surface area contributed by atoms with Gasteiger partial charge in [-0.25, -0.2) is 15.0 Å². The van der Waals surface area contributed by atoms with Gasteiger partial charge in [-0.1, -0.05) is 36.0 Å². The van der Waals surface area contributed by atoms with Gasteiger partial charge in [0.1, 0.15) is 16.8 Å². The monoisotopic (exact) mass is 387 g/mol. The smallest absolute Gasteiger partial charge is 0.176 e. The van der Waals surface area contributed by atoms with Crippen molar-refractivity contribution in [2.75, 3.05) is 31.2 Å². The molecule has 0 saturated heterocycles. The van der Waals surface area contributed by atoms with Gasteiger partial charge in [-0.15, -0.1) is 11.3 Å². The van der Waals surface area contributed by atoms with Crippen LogP contribution >= 0.6 is 23.1 Å². The molecule has 3 heterocycles. The van der Waals surface area contributed by atoms with Crippen molar-refractivity contribution < 1.29 is 5.11 Å². The van der Waals surface area contributed by atoms with E-state index in [4.69, 9.17) is 0 Å². The van der Waals surface area contributed by atoms with Gasteiger partial charge in [0.25, 0.3) is 0 Å². The number of hydrogen-bond acceptors (Lipinski definition) is 8. The first-order valence-electron chi connectivity index (χ1n) is 8.59. The molecule has 0 radical (unpaired) electrons. The number of anilines is 1. The molecule has 0 spiro atoms. The molecular formula is C18H21N5OS2. The maximum atomic E-state index is 10.5. The fourth-order valence-electron chi connectivity index (χ4n) is 3.23. The molecule has 136 valence electrons. The summed E-state index contributed by atoms with van der Waals surface area (Å²) in [6, 6.07) is 8.55. The van der Waals surface area contributed by atoms with Gasteiger partial charge in [0.2, 0.25) is 0 Å². The lowest BCUT2D eigenvalue weighted by Gasteiger charge is -2.30. The molecule has 1 aliphatic rings. The van der Waals surface area contributed by atoms with E-state index in [0.717, 1.165) is 34.4 Å². The molecule has 0 aliphatic carbocycles. The van der Waals surface area contributed by atoms with E-state index in [2.05, 4.69) is 49.4 Å². The Bertz CT molecular complexity index is 900. The molecule has 6 nitrogen and oxygen atoms in total. The van der Waals surface area contributed by atoms with Crippen molar-refractivity contribution in [1.29, 1.82) is 0 Å². The molecule has 1 atom stereocenters. The highest BCUT2D eigenvalue weighted by Crippen LogP contribution is 2.30. The highest BCUT2D eigenvalue weighted by atomic mass is 32.2. The van der Waals surface area contributed by atoms with Crippen molar-refractivity contribution in [3.8, 4) is 0 Å². The van der Waals surface area contributed by atoms with E-state index in [1.54, 1.807) is 23.1 Å². The number of aliphatic hydroxyl groups is 1. The van der Waals surface area contributed by atoms with Crippen LogP contribution in [-0.2, 0) is 13.0 Å². The molecular weight excluding hydrogens is 366 g/mol. The van der Waals surface area contributed by atoms with E-state index >= 15 is 0 Å². The van der Waals surface area contributed by atoms with Gasteiger partial charge in [-0.05, 0) is 23.8 Å². The van der Waals surface area contributed by atoms with Gasteiger partial charge >= 0.3 is 0 Å². The predicted molar refractivity (Wildman–Crippen MR) is 107 cm³/mol. The third-order valence-electron chi connectivity index (χ3n) is 4.53. The number of fused-ring (bicyclic) bond motifs is 2. The van der Waals surface area contributed by atoms with E-state index in [1.165, 1.54) is 17.5 Å². The molecule has 4 rings (SSSR count). The second-order valence-electron chi connectivity index (χ2n) is 6.35. The summed E-state index contributed by atoms with van der Waals surface area (Å²) in [5.74, 6) is 0.746. The lowest BCUT2D eigenvalue weighted by Crippen LogP contribution is -2.39. The molecule has 3 aromatic rings. The van der Waals surface area contributed by atoms with E-state index < -0.39 is 6.10 Å². The molecule has 8 heteroatoms. The Hall–Kier alpha value is -1.74. The Morgan fingerprint density at radius 2 is 2.15 bits per heavy atom. The Labute approximate surface area is 160 Å². The van der Waals surface area contributed by atoms with Crippen LogP contribution in [0, 0.1) is 0 Å². The van der Waals surface area contributed by atoms with Gasteiger partial charge in [-0.2, -0.15) is 0 Å². The maximum Gasteiger partial charge on any atom is 0.176 e. The second-order valence-corrected chi connectivity index (χ2v) is 8.40. The van der Waals surface area contributed by atoms with Crippen LogP contribution in [0.2, 0.25) is 0 Å². The van der Waals surface area contributed by atoms with Crippen LogP contribution in [0.25, 0.3) is 10.3 Å². The minimum Gasteiger partial charge on any atom is -0.390 e. The number of thiazole rings is 1. The van der Waals surface area contributed by atoms with Crippen LogP contribution in [0.3, 0.4) is 0 Å². The number of hydrogen-bond donors (Lipinski definition) is 2. The van der Waals surface area contributed by atoms with Gasteiger partial charge in [0.15, 0.2) is 9.99 Å². The number of nitrogens with one attached hydrogen (secondary N) is 1. The van der Waals surface area contributed by atoms with Crippen LogP contribution in [0.1, 0.15) is 11.1 Å². The summed E-state index contributed by atoms with van der Waals surface area (Å²) < 4.78 is 1.91. The summed E-state index contributed by atoms with van der Waals surface area (Å²) in [5, 5.41) is 13.7. The zero-order valence-electron chi connectivity index (χ0n) is 14.6. The molecule has 2 aromatic heterocycles. The Balaban J connectivity index is 1.36. The van der Waals surface area contributed by atoms with Crippen LogP contribution in [0.15, 0.2) is 34.9 Å². The SMILES string of the molecule is CSc1nc2ncnc(NCC(O)CN3CCc4ccccc4C3)c2s1. The van der Waals surface area contributed by atoms with Crippen molar-refractivity contribution in [2.45, 2.75) is 23.4 Å². The minimum atomic E-state index is -0.460. The third kappa shape index (κ3) is 3.83. The zero-order chi connectivity index (χ0) is 17.9. The average Bonchev–Trinajstić information content (AvgIpc) is 3.10. The van der Waals surface area contributed by atoms with Crippen LogP contribution in [0.5, 0.6) is 0 Å². The van der Waals surface area contributed by atoms with E-state index in [9.17, 15) is 5.11 Å². The minimum absolute atomic E-state index is 0.455. The molecule has 26 heavy (non-hydrogen) atoms. The first-order valence-corrected chi connectivity index (χ1v) is 10.6. The Morgan fingerprint density at radius 1 is 1.31 bits per heavy atom. The topological polar surface area (TPSA) is 74.2 Å². The summed E-state index contributed by atoms with van der Waals surface area (Å²) in [5.41, 5.74) is 3.50. The highest BCUT2D eigenvalue weighted by molar-refractivity contribution is 8.00.